The number of hydrogen-bond donors (Lipinski definition) is 2. The molecule has 4 fully saturated rings. The van der Waals surface area contributed by atoms with Crippen LogP contribution in [-0.2, 0) is 21.4 Å². The number of anilines is 2. The van der Waals surface area contributed by atoms with E-state index in [2.05, 4.69) is 37.2 Å². The molecule has 4 aliphatic rings. The number of hydrogen-bond acceptors (Lipinski definition) is 13. The third kappa shape index (κ3) is 8.50. The molecule has 0 saturated carbocycles. The first kappa shape index (κ1) is 43.2. The zero-order chi connectivity index (χ0) is 44.7. The number of benzene rings is 3. The second-order valence-corrected chi connectivity index (χ2v) is 18.1. The van der Waals surface area contributed by atoms with Crippen LogP contribution >= 0.6 is 12.1 Å². The van der Waals surface area contributed by atoms with Crippen LogP contribution in [0.1, 0.15) is 68.5 Å². The number of carbonyl (C=O) groups is 3. The van der Waals surface area contributed by atoms with Crippen molar-refractivity contribution in [1.82, 2.24) is 38.8 Å². The van der Waals surface area contributed by atoms with E-state index in [9.17, 15) is 24.4 Å². The van der Waals surface area contributed by atoms with Crippen LogP contribution in [0.5, 0.6) is 11.5 Å². The number of halogens is 1. The normalized spacial score (nSPS) is 19.5. The Labute approximate surface area is 373 Å². The second-order valence-electron chi connectivity index (χ2n) is 17.0. The molecule has 3 aromatic carbocycles. The molecule has 1 spiro atoms. The minimum atomic E-state index is -0.706. The number of nitrogens with zero attached hydrogens (tertiary/aromatic N) is 9. The maximum absolute atomic E-state index is 15.1. The van der Waals surface area contributed by atoms with E-state index < -0.39 is 17.4 Å². The molecule has 4 aliphatic heterocycles. The monoisotopic (exact) mass is 891 g/mol. The van der Waals surface area contributed by atoms with Crippen molar-refractivity contribution in [3.8, 4) is 17.6 Å². The topological polar surface area (TPSA) is 183 Å². The summed E-state index contributed by atoms with van der Waals surface area (Å²) in [6, 6.07) is 15.1. The number of imide groups is 1. The fourth-order valence-electron chi connectivity index (χ4n) is 9.30. The summed E-state index contributed by atoms with van der Waals surface area (Å²) in [6.07, 6.45) is 5.54. The Morgan fingerprint density at radius 3 is 2.62 bits per heavy atom. The van der Waals surface area contributed by atoms with E-state index in [0.717, 1.165) is 43.4 Å². The lowest BCUT2D eigenvalue weighted by molar-refractivity contribution is -0.137. The second kappa shape index (κ2) is 17.8. The Balaban J connectivity index is 0.786. The molecule has 4 amide bonds. The van der Waals surface area contributed by atoms with Gasteiger partial charge >= 0.3 is 6.03 Å². The largest absolute Gasteiger partial charge is 0.453 e. The third-order valence-electron chi connectivity index (χ3n) is 13.1. The first-order chi connectivity index (χ1) is 30.9. The molecular formula is C45H50FN11O6S. The highest BCUT2D eigenvalue weighted by Gasteiger charge is 2.44. The highest BCUT2D eigenvalue weighted by molar-refractivity contribution is 7.98. The molecule has 334 valence electrons. The van der Waals surface area contributed by atoms with Crippen molar-refractivity contribution in [3.05, 3.63) is 82.2 Å². The lowest BCUT2D eigenvalue weighted by Gasteiger charge is -2.40. The summed E-state index contributed by atoms with van der Waals surface area (Å²) in [5.41, 5.74) is 2.26. The number of aryl methyl sites for hydroxylation is 1. The number of ether oxygens (including phenoxy) is 2. The molecule has 9 rings (SSSR count). The number of likely N-dealkylation sites (tertiary alicyclic amines) is 2. The van der Waals surface area contributed by atoms with E-state index in [-0.39, 0.29) is 46.9 Å². The molecule has 0 radical (unpaired) electrons. The summed E-state index contributed by atoms with van der Waals surface area (Å²) in [4.78, 5) is 62.0. The number of carbonyl (C=O) groups excluding carboxylic acids is 3. The van der Waals surface area contributed by atoms with Crippen molar-refractivity contribution < 1.29 is 28.2 Å². The Bertz CT molecular complexity index is 2740. The van der Waals surface area contributed by atoms with Crippen LogP contribution in [0.15, 0.2) is 59.7 Å². The van der Waals surface area contributed by atoms with Crippen molar-refractivity contribution in [3.63, 3.8) is 0 Å². The first-order valence-electron chi connectivity index (χ1n) is 21.7. The Kier molecular flexibility index (Phi) is 12.0. The molecule has 0 aliphatic carbocycles. The van der Waals surface area contributed by atoms with Crippen LogP contribution < -0.4 is 25.2 Å². The van der Waals surface area contributed by atoms with Crippen molar-refractivity contribution in [2.24, 2.45) is 7.05 Å². The van der Waals surface area contributed by atoms with Gasteiger partial charge in [-0.05, 0) is 106 Å². The van der Waals surface area contributed by atoms with Gasteiger partial charge in [0.25, 0.3) is 5.56 Å². The lowest BCUT2D eigenvalue weighted by Crippen LogP contribution is -2.50. The number of aromatic nitrogens is 4. The van der Waals surface area contributed by atoms with Gasteiger partial charge < -0.3 is 19.1 Å². The SMILES string of the molecule is CCN(C)SNc1ccc(F)c(Oc2ccc3ncn(C4COC5(CCN(C(=O)CN6CCC(c7ccc8c(N9CCC(=O)NC9=O)nn(C)c8c7)CC6)CC5)C4)c(=O)c3c2)c1C#N. The van der Waals surface area contributed by atoms with Crippen LogP contribution in [0.3, 0.4) is 0 Å². The third-order valence-corrected chi connectivity index (χ3v) is 14.0. The minimum absolute atomic E-state index is 0.00293. The van der Waals surface area contributed by atoms with E-state index in [1.807, 2.05) is 42.4 Å². The Hall–Kier alpha value is -6.07. The molecule has 19 heteroatoms. The highest BCUT2D eigenvalue weighted by atomic mass is 32.2. The maximum Gasteiger partial charge on any atom is 0.329 e. The molecule has 6 heterocycles. The lowest BCUT2D eigenvalue weighted by atomic mass is 9.87. The van der Waals surface area contributed by atoms with E-state index >= 15 is 4.39 Å². The van der Waals surface area contributed by atoms with Gasteiger partial charge in [-0.25, -0.2) is 18.5 Å². The predicted molar refractivity (Wildman–Crippen MR) is 239 cm³/mol. The van der Waals surface area contributed by atoms with Crippen LogP contribution in [-0.4, -0.2) is 116 Å². The number of nitriles is 1. The molecule has 5 aromatic rings. The van der Waals surface area contributed by atoms with Crippen molar-refractivity contribution in [2.45, 2.75) is 63.0 Å². The average molecular weight is 892 g/mol. The summed E-state index contributed by atoms with van der Waals surface area (Å²) < 4.78 is 35.8. The predicted octanol–water partition coefficient (Wildman–Crippen LogP) is 5.66. The van der Waals surface area contributed by atoms with E-state index in [0.29, 0.717) is 80.4 Å². The zero-order valence-corrected chi connectivity index (χ0v) is 36.8. The average Bonchev–Trinajstić information content (AvgIpc) is 3.86. The summed E-state index contributed by atoms with van der Waals surface area (Å²) in [5, 5.41) is 18.1. The summed E-state index contributed by atoms with van der Waals surface area (Å²) in [6.45, 7) is 6.46. The van der Waals surface area contributed by atoms with Crippen LogP contribution in [0.4, 0.5) is 20.7 Å². The summed E-state index contributed by atoms with van der Waals surface area (Å²) in [5.74, 6) is -0.0493. The van der Waals surface area contributed by atoms with Gasteiger partial charge in [0, 0.05) is 57.2 Å². The minimum Gasteiger partial charge on any atom is -0.453 e. The molecule has 2 N–H and O–H groups in total. The number of rotatable bonds is 11. The first-order valence-corrected chi connectivity index (χ1v) is 22.5. The highest BCUT2D eigenvalue weighted by Crippen LogP contribution is 2.41. The molecular weight excluding hydrogens is 842 g/mol. The van der Waals surface area contributed by atoms with Crippen molar-refractivity contribution >= 4 is 63.3 Å². The standard InChI is InChI=1S/C45H50FN11O6S/c1-4-52(2)64-51-37-10-8-35(46)41(34(37)24-47)63-31-6-9-36-33(22-31)43(60)57(27-48-36)30-23-45(62-26-30)14-19-55(20-15-45)40(59)25-54-16-11-28(12-17-54)29-5-7-32-38(21-29)53(3)50-42(32)56-18-13-39(58)49-44(56)61/h5-10,21-22,27-28,30,51H,4,11-20,23,25-26H2,1-3H3,(H,49,58,61). The smallest absolute Gasteiger partial charge is 0.329 e. The van der Waals surface area contributed by atoms with Crippen LogP contribution in [0, 0.1) is 17.1 Å². The molecule has 1 atom stereocenters. The van der Waals surface area contributed by atoms with Gasteiger partial charge in [0.2, 0.25) is 11.8 Å². The fraction of sp³-hybridized carbons (Fsp3) is 0.444. The molecule has 4 saturated heterocycles. The van der Waals surface area contributed by atoms with Crippen molar-refractivity contribution in [2.75, 3.05) is 69.1 Å². The van der Waals surface area contributed by atoms with E-state index in [1.165, 1.54) is 40.8 Å². The van der Waals surface area contributed by atoms with Crippen molar-refractivity contribution in [1.29, 1.82) is 5.26 Å². The molecule has 0 bridgehead atoms. The van der Waals surface area contributed by atoms with Gasteiger partial charge in [-0.2, -0.15) is 10.4 Å². The molecule has 17 nitrogen and oxygen atoms in total. The summed E-state index contributed by atoms with van der Waals surface area (Å²) >= 11 is 1.27. The van der Waals surface area contributed by atoms with Gasteiger partial charge in [0.05, 0.1) is 53.2 Å². The summed E-state index contributed by atoms with van der Waals surface area (Å²) in [7, 11) is 3.74. The number of urea groups is 1. The molecule has 2 aromatic heterocycles. The number of fused-ring (bicyclic) bond motifs is 2. The fourth-order valence-corrected chi connectivity index (χ4v) is 9.86. The van der Waals surface area contributed by atoms with Crippen LogP contribution in [0.2, 0.25) is 0 Å². The number of nitrogens with one attached hydrogen (secondary N) is 2. The molecule has 1 unspecified atom stereocenters. The van der Waals surface area contributed by atoms with E-state index in [1.54, 1.807) is 27.7 Å². The molecule has 64 heavy (non-hydrogen) atoms. The zero-order valence-electron chi connectivity index (χ0n) is 36.0. The van der Waals surface area contributed by atoms with Gasteiger partial charge in [0.15, 0.2) is 17.4 Å². The quantitative estimate of drug-likeness (QED) is 0.155. The number of amides is 4. The van der Waals surface area contributed by atoms with Gasteiger partial charge in [-0.1, -0.05) is 13.0 Å². The van der Waals surface area contributed by atoms with Gasteiger partial charge in [-0.3, -0.25) is 38.7 Å². The Morgan fingerprint density at radius 1 is 1.08 bits per heavy atom. The van der Waals surface area contributed by atoms with Gasteiger partial charge in [-0.15, -0.1) is 0 Å². The maximum atomic E-state index is 15.1. The Morgan fingerprint density at radius 2 is 1.88 bits per heavy atom. The van der Waals surface area contributed by atoms with Crippen LogP contribution in [0.25, 0.3) is 21.8 Å². The van der Waals surface area contributed by atoms with E-state index in [4.69, 9.17) is 9.47 Å². The number of piperidine rings is 2. The van der Waals surface area contributed by atoms with Gasteiger partial charge in [0.1, 0.15) is 17.4 Å².